The third kappa shape index (κ3) is 3.46. The highest BCUT2D eigenvalue weighted by molar-refractivity contribution is 7.91. The van der Waals surface area contributed by atoms with Gasteiger partial charge in [0, 0.05) is 29.8 Å². The average molecular weight is 385 g/mol. The normalized spacial score (nSPS) is 25.3. The molecule has 0 bridgehead atoms. The van der Waals surface area contributed by atoms with Crippen molar-refractivity contribution in [1.29, 1.82) is 0 Å². The van der Waals surface area contributed by atoms with Crippen molar-refractivity contribution < 1.29 is 18.0 Å². The first-order valence-corrected chi connectivity index (χ1v) is 11.3. The molecule has 0 aliphatic carbocycles. The van der Waals surface area contributed by atoms with Crippen LogP contribution < -0.4 is 0 Å². The number of carbonyl (C=O) groups excluding carboxylic acids is 2. The third-order valence-electron chi connectivity index (χ3n) is 5.00. The van der Waals surface area contributed by atoms with Gasteiger partial charge in [0.1, 0.15) is 0 Å². The Bertz CT molecular complexity index is 784. The Balaban J connectivity index is 1.87. The molecule has 2 saturated heterocycles. The molecule has 0 N–H and O–H groups in total. The fourth-order valence-corrected chi connectivity index (χ4v) is 6.53. The number of fused-ring (bicyclic) bond motifs is 1. The third-order valence-corrected chi connectivity index (χ3v) is 7.93. The van der Waals surface area contributed by atoms with E-state index >= 15 is 0 Å². The van der Waals surface area contributed by atoms with Crippen LogP contribution in [0.4, 0.5) is 0 Å². The SMILES string of the molecule is CCC(=O)N1CCN(C(=O)c2csc(C(C)C)c2)[C@H]2CS(=O)(=O)C[C@H]21. The molecule has 1 aromatic rings. The van der Waals surface area contributed by atoms with E-state index in [4.69, 9.17) is 0 Å². The molecule has 2 aliphatic heterocycles. The molecule has 138 valence electrons. The van der Waals surface area contributed by atoms with Crippen molar-refractivity contribution in [3.05, 3.63) is 21.9 Å². The zero-order valence-corrected chi connectivity index (χ0v) is 16.4. The van der Waals surface area contributed by atoms with Crippen molar-refractivity contribution >= 4 is 33.0 Å². The minimum absolute atomic E-state index is 0.0446. The summed E-state index contributed by atoms with van der Waals surface area (Å²) in [6, 6.07) is 1.04. The molecule has 2 amide bonds. The highest BCUT2D eigenvalue weighted by atomic mass is 32.2. The quantitative estimate of drug-likeness (QED) is 0.795. The Labute approximate surface area is 152 Å². The predicted octanol–water partition coefficient (Wildman–Crippen LogP) is 1.73. The van der Waals surface area contributed by atoms with E-state index in [0.717, 1.165) is 4.88 Å². The molecule has 0 radical (unpaired) electrons. The van der Waals surface area contributed by atoms with Crippen LogP contribution in [0.15, 0.2) is 11.4 Å². The van der Waals surface area contributed by atoms with Gasteiger partial charge in [-0.05, 0) is 12.0 Å². The Hall–Kier alpha value is -1.41. The number of carbonyl (C=O) groups is 2. The number of amides is 2. The number of nitrogens with zero attached hydrogens (tertiary/aromatic N) is 2. The van der Waals surface area contributed by atoms with Crippen LogP contribution in [-0.2, 0) is 14.6 Å². The maximum absolute atomic E-state index is 13.0. The molecule has 3 heterocycles. The standard InChI is InChI=1S/C17H24N2O4S2/c1-4-16(20)18-5-6-19(14-10-25(22,23)9-13(14)18)17(21)12-7-15(11(2)3)24-8-12/h7-8,11,13-14H,4-6,9-10H2,1-3H3/t13-,14+/m1/s1. The highest BCUT2D eigenvalue weighted by Crippen LogP contribution is 2.30. The minimum Gasteiger partial charge on any atom is -0.335 e. The van der Waals surface area contributed by atoms with E-state index in [2.05, 4.69) is 13.8 Å². The molecule has 2 fully saturated rings. The molecule has 0 spiro atoms. The molecule has 8 heteroatoms. The Kier molecular flexibility index (Phi) is 4.94. The average Bonchev–Trinajstić information content (AvgIpc) is 3.15. The van der Waals surface area contributed by atoms with E-state index in [-0.39, 0.29) is 23.3 Å². The lowest BCUT2D eigenvalue weighted by atomic mass is 10.0. The smallest absolute Gasteiger partial charge is 0.255 e. The molecule has 0 unspecified atom stereocenters. The highest BCUT2D eigenvalue weighted by Gasteiger charge is 2.49. The predicted molar refractivity (Wildman–Crippen MR) is 97.7 cm³/mol. The Morgan fingerprint density at radius 3 is 2.36 bits per heavy atom. The van der Waals surface area contributed by atoms with E-state index in [0.29, 0.717) is 31.0 Å². The summed E-state index contributed by atoms with van der Waals surface area (Å²) >= 11 is 1.55. The van der Waals surface area contributed by atoms with Crippen molar-refractivity contribution in [2.75, 3.05) is 24.6 Å². The van der Waals surface area contributed by atoms with E-state index in [9.17, 15) is 18.0 Å². The van der Waals surface area contributed by atoms with Crippen LogP contribution in [0.3, 0.4) is 0 Å². The second-order valence-electron chi connectivity index (χ2n) is 7.04. The van der Waals surface area contributed by atoms with Gasteiger partial charge < -0.3 is 9.80 Å². The topological polar surface area (TPSA) is 74.8 Å². The van der Waals surface area contributed by atoms with Crippen LogP contribution in [0.5, 0.6) is 0 Å². The van der Waals surface area contributed by atoms with Crippen molar-refractivity contribution in [2.45, 2.75) is 45.2 Å². The minimum atomic E-state index is -3.25. The molecule has 2 aliphatic rings. The Morgan fingerprint density at radius 1 is 1.20 bits per heavy atom. The molecule has 1 aromatic heterocycles. The first-order chi connectivity index (χ1) is 11.7. The number of hydrogen-bond acceptors (Lipinski definition) is 5. The number of thiophene rings is 1. The van der Waals surface area contributed by atoms with E-state index in [1.807, 2.05) is 11.4 Å². The molecular weight excluding hydrogens is 360 g/mol. The van der Waals surface area contributed by atoms with Crippen molar-refractivity contribution in [1.82, 2.24) is 9.80 Å². The molecule has 25 heavy (non-hydrogen) atoms. The summed E-state index contributed by atoms with van der Waals surface area (Å²) < 4.78 is 24.4. The second kappa shape index (κ2) is 6.72. The Morgan fingerprint density at radius 2 is 1.80 bits per heavy atom. The summed E-state index contributed by atoms with van der Waals surface area (Å²) in [7, 11) is -3.25. The number of hydrogen-bond donors (Lipinski definition) is 0. The van der Waals surface area contributed by atoms with Crippen LogP contribution in [-0.4, -0.2) is 66.7 Å². The van der Waals surface area contributed by atoms with Gasteiger partial charge in [-0.3, -0.25) is 9.59 Å². The van der Waals surface area contributed by atoms with Gasteiger partial charge in [-0.2, -0.15) is 0 Å². The molecule has 0 aromatic carbocycles. The zero-order valence-electron chi connectivity index (χ0n) is 14.8. The molecule has 3 rings (SSSR count). The van der Waals surface area contributed by atoms with Crippen molar-refractivity contribution in [3.63, 3.8) is 0 Å². The van der Waals surface area contributed by atoms with Crippen LogP contribution in [0.2, 0.25) is 0 Å². The summed E-state index contributed by atoms with van der Waals surface area (Å²) in [5, 5.41) is 1.85. The largest absolute Gasteiger partial charge is 0.335 e. The first-order valence-electron chi connectivity index (χ1n) is 8.62. The van der Waals surface area contributed by atoms with Crippen LogP contribution >= 0.6 is 11.3 Å². The van der Waals surface area contributed by atoms with E-state index < -0.39 is 21.9 Å². The van der Waals surface area contributed by atoms with E-state index in [1.165, 1.54) is 0 Å². The fraction of sp³-hybridized carbons (Fsp3) is 0.647. The van der Waals surface area contributed by atoms with Crippen molar-refractivity contribution in [2.24, 2.45) is 0 Å². The summed E-state index contributed by atoms with van der Waals surface area (Å²) in [6.07, 6.45) is 0.347. The van der Waals surface area contributed by atoms with Crippen LogP contribution in [0.25, 0.3) is 0 Å². The molecule has 6 nitrogen and oxygen atoms in total. The maximum Gasteiger partial charge on any atom is 0.255 e. The number of sulfone groups is 1. The second-order valence-corrected chi connectivity index (χ2v) is 10.1. The van der Waals surface area contributed by atoms with Gasteiger partial charge in [0.05, 0.1) is 29.2 Å². The van der Waals surface area contributed by atoms with Crippen LogP contribution in [0, 0.1) is 0 Å². The van der Waals surface area contributed by atoms with Crippen molar-refractivity contribution in [3.8, 4) is 0 Å². The van der Waals surface area contributed by atoms with Gasteiger partial charge in [0.15, 0.2) is 9.84 Å². The fourth-order valence-electron chi connectivity index (χ4n) is 3.65. The van der Waals surface area contributed by atoms with Gasteiger partial charge in [-0.15, -0.1) is 11.3 Å². The van der Waals surface area contributed by atoms with Gasteiger partial charge in [0.2, 0.25) is 5.91 Å². The lowest BCUT2D eigenvalue weighted by Gasteiger charge is -2.43. The first kappa shape index (κ1) is 18.4. The summed E-state index contributed by atoms with van der Waals surface area (Å²) in [4.78, 5) is 29.6. The summed E-state index contributed by atoms with van der Waals surface area (Å²) in [6.45, 7) is 6.71. The van der Waals surface area contributed by atoms with Gasteiger partial charge in [-0.25, -0.2) is 8.42 Å². The van der Waals surface area contributed by atoms with Crippen LogP contribution in [0.1, 0.15) is 48.3 Å². The lowest BCUT2D eigenvalue weighted by Crippen LogP contribution is -2.61. The maximum atomic E-state index is 13.0. The summed E-state index contributed by atoms with van der Waals surface area (Å²) in [5.74, 6) is 0.0763. The summed E-state index contributed by atoms with van der Waals surface area (Å²) in [5.41, 5.74) is 0.618. The molecule has 2 atom stereocenters. The lowest BCUT2D eigenvalue weighted by molar-refractivity contribution is -0.135. The van der Waals surface area contributed by atoms with Gasteiger partial charge in [0.25, 0.3) is 5.91 Å². The van der Waals surface area contributed by atoms with E-state index in [1.54, 1.807) is 28.1 Å². The zero-order chi connectivity index (χ0) is 18.4. The number of rotatable bonds is 3. The monoisotopic (exact) mass is 384 g/mol. The van der Waals surface area contributed by atoms with Gasteiger partial charge >= 0.3 is 0 Å². The number of piperazine rings is 1. The molecule has 0 saturated carbocycles. The molecular formula is C17H24N2O4S2. The van der Waals surface area contributed by atoms with Gasteiger partial charge in [-0.1, -0.05) is 20.8 Å².